The summed E-state index contributed by atoms with van der Waals surface area (Å²) in [7, 11) is 0. The number of carbonyl (C=O) groups is 1. The normalized spacial score (nSPS) is 19.0. The summed E-state index contributed by atoms with van der Waals surface area (Å²) in [5, 5.41) is 0.587. The third kappa shape index (κ3) is 4.22. The van der Waals surface area contributed by atoms with Crippen LogP contribution in [0.1, 0.15) is 30.1 Å². The maximum atomic E-state index is 12.7. The number of aryl methyl sites for hydroxylation is 1. The van der Waals surface area contributed by atoms with Gasteiger partial charge in [-0.15, -0.1) is 0 Å². The summed E-state index contributed by atoms with van der Waals surface area (Å²) >= 11 is 0. The molecular weight excluding hydrogens is 364 g/mol. The van der Waals surface area contributed by atoms with Crippen molar-refractivity contribution in [3.63, 3.8) is 0 Å². The van der Waals surface area contributed by atoms with Gasteiger partial charge in [0.1, 0.15) is 5.82 Å². The van der Waals surface area contributed by atoms with Crippen molar-refractivity contribution in [1.29, 1.82) is 0 Å². The number of likely N-dealkylation sites (tertiary alicyclic amines) is 1. The first-order valence-electron chi connectivity index (χ1n) is 10.2. The number of nitrogens with two attached hydrogens (primary N) is 1. The lowest BCUT2D eigenvalue weighted by molar-refractivity contribution is -0.130. The van der Waals surface area contributed by atoms with Gasteiger partial charge in [-0.05, 0) is 36.6 Å². The van der Waals surface area contributed by atoms with Crippen molar-refractivity contribution in [2.45, 2.75) is 25.2 Å². The van der Waals surface area contributed by atoms with Crippen molar-refractivity contribution in [2.75, 3.05) is 19.6 Å². The summed E-state index contributed by atoms with van der Waals surface area (Å²) in [4.78, 5) is 34.2. The van der Waals surface area contributed by atoms with Crippen LogP contribution in [-0.4, -0.2) is 40.4 Å². The molecule has 150 valence electrons. The highest BCUT2D eigenvalue weighted by atomic mass is 16.2. The molecule has 2 aromatic carbocycles. The molecule has 6 nitrogen and oxygen atoms in total. The molecule has 1 aliphatic heterocycles. The van der Waals surface area contributed by atoms with Gasteiger partial charge in [-0.3, -0.25) is 9.59 Å². The van der Waals surface area contributed by atoms with E-state index in [1.165, 1.54) is 5.56 Å². The molecule has 0 radical (unpaired) electrons. The van der Waals surface area contributed by atoms with Crippen molar-refractivity contribution in [3.8, 4) is 0 Å². The monoisotopic (exact) mass is 390 g/mol. The SMILES string of the molecule is NC[C@@H]1CN(C(=O)CCCc2nc3ccccc3c(=O)[nH]2)C[C@H]1c1ccccc1. The molecule has 2 heterocycles. The minimum Gasteiger partial charge on any atom is -0.342 e. The van der Waals surface area contributed by atoms with Crippen LogP contribution in [0.5, 0.6) is 0 Å². The molecule has 1 amide bonds. The number of amides is 1. The van der Waals surface area contributed by atoms with Gasteiger partial charge < -0.3 is 15.6 Å². The first-order chi connectivity index (χ1) is 14.2. The quantitative estimate of drug-likeness (QED) is 0.676. The highest BCUT2D eigenvalue weighted by Gasteiger charge is 2.34. The van der Waals surface area contributed by atoms with Crippen molar-refractivity contribution in [2.24, 2.45) is 11.7 Å². The Morgan fingerprint density at radius 3 is 2.66 bits per heavy atom. The second-order valence-corrected chi connectivity index (χ2v) is 7.70. The predicted molar refractivity (Wildman–Crippen MR) is 114 cm³/mol. The average Bonchev–Trinajstić information content (AvgIpc) is 3.19. The molecular formula is C23H26N4O2. The Bertz CT molecular complexity index is 1050. The van der Waals surface area contributed by atoms with Crippen LogP contribution in [0.3, 0.4) is 0 Å². The molecule has 0 saturated carbocycles. The van der Waals surface area contributed by atoms with E-state index in [1.807, 2.05) is 41.3 Å². The molecule has 4 rings (SSSR count). The fraction of sp³-hybridized carbons (Fsp3) is 0.348. The lowest BCUT2D eigenvalue weighted by atomic mass is 9.89. The molecule has 0 bridgehead atoms. The molecule has 1 fully saturated rings. The molecule has 2 atom stereocenters. The van der Waals surface area contributed by atoms with Crippen LogP contribution in [0.2, 0.25) is 0 Å². The number of H-pyrrole nitrogens is 1. The maximum absolute atomic E-state index is 12.7. The second-order valence-electron chi connectivity index (χ2n) is 7.70. The number of rotatable bonds is 6. The molecule has 1 aliphatic rings. The lowest BCUT2D eigenvalue weighted by Crippen LogP contribution is -2.29. The number of para-hydroxylation sites is 1. The Morgan fingerprint density at radius 2 is 1.86 bits per heavy atom. The minimum atomic E-state index is -0.132. The first-order valence-corrected chi connectivity index (χ1v) is 10.2. The third-order valence-electron chi connectivity index (χ3n) is 5.79. The van der Waals surface area contributed by atoms with Crippen LogP contribution in [0.4, 0.5) is 0 Å². The maximum Gasteiger partial charge on any atom is 0.258 e. The number of hydrogen-bond acceptors (Lipinski definition) is 4. The van der Waals surface area contributed by atoms with Crippen molar-refractivity contribution in [1.82, 2.24) is 14.9 Å². The number of nitrogens with zero attached hydrogens (tertiary/aromatic N) is 2. The Labute approximate surface area is 169 Å². The van der Waals surface area contributed by atoms with Gasteiger partial charge in [-0.1, -0.05) is 42.5 Å². The van der Waals surface area contributed by atoms with Crippen LogP contribution in [0, 0.1) is 5.92 Å². The lowest BCUT2D eigenvalue weighted by Gasteiger charge is -2.17. The first kappa shape index (κ1) is 19.3. The molecule has 0 spiro atoms. The number of hydrogen-bond donors (Lipinski definition) is 2. The molecule has 1 saturated heterocycles. The molecule has 0 aliphatic carbocycles. The van der Waals surface area contributed by atoms with Crippen LogP contribution in [-0.2, 0) is 11.2 Å². The number of aromatic nitrogens is 2. The summed E-state index contributed by atoms with van der Waals surface area (Å²) in [6.07, 6.45) is 1.66. The van der Waals surface area contributed by atoms with Crippen molar-refractivity contribution in [3.05, 3.63) is 76.3 Å². The molecule has 0 unspecified atom stereocenters. The van der Waals surface area contributed by atoms with Gasteiger partial charge in [0.2, 0.25) is 5.91 Å². The van der Waals surface area contributed by atoms with Crippen LogP contribution >= 0.6 is 0 Å². The average molecular weight is 390 g/mol. The molecule has 1 aromatic heterocycles. The predicted octanol–water partition coefficient (Wildman–Crippen LogP) is 2.45. The second kappa shape index (κ2) is 8.57. The molecule has 6 heteroatoms. The molecule has 3 aromatic rings. The van der Waals surface area contributed by atoms with Crippen molar-refractivity contribution < 1.29 is 4.79 Å². The summed E-state index contributed by atoms with van der Waals surface area (Å²) < 4.78 is 0. The minimum absolute atomic E-state index is 0.132. The third-order valence-corrected chi connectivity index (χ3v) is 5.79. The summed E-state index contributed by atoms with van der Waals surface area (Å²) in [5.74, 6) is 1.36. The van der Waals surface area contributed by atoms with E-state index in [-0.39, 0.29) is 11.5 Å². The van der Waals surface area contributed by atoms with Gasteiger partial charge in [0.15, 0.2) is 0 Å². The smallest absolute Gasteiger partial charge is 0.258 e. The number of nitrogens with one attached hydrogen (secondary N) is 1. The Hall–Kier alpha value is -2.99. The van der Waals surface area contributed by atoms with E-state index in [0.29, 0.717) is 60.9 Å². The fourth-order valence-corrected chi connectivity index (χ4v) is 4.21. The van der Waals surface area contributed by atoms with E-state index < -0.39 is 0 Å². The van der Waals surface area contributed by atoms with Gasteiger partial charge in [0.25, 0.3) is 5.56 Å². The van der Waals surface area contributed by atoms with Crippen LogP contribution in [0.25, 0.3) is 10.9 Å². The number of aromatic amines is 1. The van der Waals surface area contributed by atoms with E-state index in [9.17, 15) is 9.59 Å². The fourth-order valence-electron chi connectivity index (χ4n) is 4.21. The van der Waals surface area contributed by atoms with E-state index in [1.54, 1.807) is 6.07 Å². The zero-order chi connectivity index (χ0) is 20.2. The summed E-state index contributed by atoms with van der Waals surface area (Å²) in [6.45, 7) is 2.00. The van der Waals surface area contributed by atoms with Crippen LogP contribution < -0.4 is 11.3 Å². The topological polar surface area (TPSA) is 92.1 Å². The largest absolute Gasteiger partial charge is 0.342 e. The molecule has 29 heavy (non-hydrogen) atoms. The summed E-state index contributed by atoms with van der Waals surface area (Å²) in [5.41, 5.74) is 7.78. The van der Waals surface area contributed by atoms with E-state index in [0.717, 1.165) is 6.54 Å². The number of benzene rings is 2. The molecule has 3 N–H and O–H groups in total. The Balaban J connectivity index is 1.36. The van der Waals surface area contributed by atoms with Gasteiger partial charge in [-0.2, -0.15) is 0 Å². The highest BCUT2D eigenvalue weighted by Crippen LogP contribution is 2.32. The Morgan fingerprint density at radius 1 is 1.10 bits per heavy atom. The standard InChI is InChI=1S/C23H26N4O2/c24-13-17-14-27(15-19(17)16-7-2-1-3-8-16)22(28)12-6-11-21-25-20-10-5-4-9-18(20)23(29)26-21/h1-5,7-10,17,19H,6,11-15,24H2,(H,25,26,29)/t17-,19+/m1/s1. The number of carbonyl (C=O) groups excluding carboxylic acids is 1. The Kier molecular flexibility index (Phi) is 5.71. The zero-order valence-corrected chi connectivity index (χ0v) is 16.4. The van der Waals surface area contributed by atoms with E-state index in [2.05, 4.69) is 22.1 Å². The zero-order valence-electron chi connectivity index (χ0n) is 16.4. The van der Waals surface area contributed by atoms with E-state index >= 15 is 0 Å². The number of fused-ring (bicyclic) bond motifs is 1. The van der Waals surface area contributed by atoms with Gasteiger partial charge in [0.05, 0.1) is 10.9 Å². The van der Waals surface area contributed by atoms with Crippen molar-refractivity contribution >= 4 is 16.8 Å². The van der Waals surface area contributed by atoms with E-state index in [4.69, 9.17) is 5.73 Å². The summed E-state index contributed by atoms with van der Waals surface area (Å²) in [6, 6.07) is 17.6. The van der Waals surface area contributed by atoms with Gasteiger partial charge >= 0.3 is 0 Å². The van der Waals surface area contributed by atoms with Crippen LogP contribution in [0.15, 0.2) is 59.4 Å². The van der Waals surface area contributed by atoms with Gasteiger partial charge in [0, 0.05) is 31.8 Å². The highest BCUT2D eigenvalue weighted by molar-refractivity contribution is 5.77. The van der Waals surface area contributed by atoms with Gasteiger partial charge in [-0.25, -0.2) is 4.98 Å².